The van der Waals surface area contributed by atoms with Gasteiger partial charge in [0.2, 0.25) is 0 Å². The van der Waals surface area contributed by atoms with Gasteiger partial charge in [0.05, 0.1) is 12.2 Å². The summed E-state index contributed by atoms with van der Waals surface area (Å²) in [5.74, 6) is -0.564. The van der Waals surface area contributed by atoms with Crippen molar-refractivity contribution < 1.29 is 19.1 Å². The van der Waals surface area contributed by atoms with E-state index in [1.54, 1.807) is 27.7 Å². The summed E-state index contributed by atoms with van der Waals surface area (Å²) in [4.78, 5) is 23.8. The summed E-state index contributed by atoms with van der Waals surface area (Å²) in [6.07, 6.45) is 5.72. The largest absolute Gasteiger partial charge is 0.462 e. The molecule has 0 bridgehead atoms. The maximum Gasteiger partial charge on any atom is 0.337 e. The fourth-order valence-electron chi connectivity index (χ4n) is 1.92. The Labute approximate surface area is 140 Å². The Hall–Kier alpha value is -1.58. The maximum absolute atomic E-state index is 12.0. The van der Waals surface area contributed by atoms with Gasteiger partial charge in [0.1, 0.15) is 5.60 Å². The second-order valence-corrected chi connectivity index (χ2v) is 6.87. The van der Waals surface area contributed by atoms with Crippen molar-refractivity contribution in [1.82, 2.24) is 0 Å². The number of hydrogen-bond donors (Lipinski definition) is 0. The normalized spacial score (nSPS) is 13.4. The fraction of sp³-hybridized carbons (Fsp3) is 0.684. The second kappa shape index (κ2) is 10.2. The van der Waals surface area contributed by atoms with Gasteiger partial charge >= 0.3 is 11.9 Å². The average molecular weight is 324 g/mol. The molecular weight excluding hydrogens is 292 g/mol. The van der Waals surface area contributed by atoms with Gasteiger partial charge in [-0.1, -0.05) is 39.7 Å². The molecule has 0 saturated heterocycles. The first-order chi connectivity index (χ1) is 10.6. The van der Waals surface area contributed by atoms with E-state index in [0.717, 1.165) is 25.7 Å². The highest BCUT2D eigenvalue weighted by Gasteiger charge is 2.18. The minimum absolute atomic E-state index is 0.165. The van der Waals surface area contributed by atoms with Gasteiger partial charge in [-0.3, -0.25) is 0 Å². The van der Waals surface area contributed by atoms with Gasteiger partial charge in [-0.15, -0.1) is 0 Å². The van der Waals surface area contributed by atoms with E-state index >= 15 is 0 Å². The molecule has 0 spiro atoms. The van der Waals surface area contributed by atoms with Crippen LogP contribution < -0.4 is 0 Å². The molecule has 0 saturated carbocycles. The van der Waals surface area contributed by atoms with E-state index in [1.807, 2.05) is 0 Å². The van der Waals surface area contributed by atoms with Crippen molar-refractivity contribution in [2.45, 2.75) is 72.8 Å². The molecule has 132 valence electrons. The Morgan fingerprint density at radius 2 is 1.78 bits per heavy atom. The summed E-state index contributed by atoms with van der Waals surface area (Å²) in [5.41, 5.74) is -0.0691. The highest BCUT2D eigenvalue weighted by atomic mass is 16.6. The molecule has 0 amide bonds. The molecule has 0 radical (unpaired) electrons. The van der Waals surface area contributed by atoms with E-state index in [9.17, 15) is 9.59 Å². The van der Waals surface area contributed by atoms with Crippen LogP contribution in [0.25, 0.3) is 0 Å². The topological polar surface area (TPSA) is 52.6 Å². The Kier molecular flexibility index (Phi) is 9.54. The van der Waals surface area contributed by atoms with Gasteiger partial charge in [-0.25, -0.2) is 9.59 Å². The zero-order chi connectivity index (χ0) is 18.0. The third-order valence-electron chi connectivity index (χ3n) is 3.37. The maximum atomic E-state index is 12.0. The molecule has 0 aliphatic heterocycles. The van der Waals surface area contributed by atoms with Crippen molar-refractivity contribution in [3.05, 3.63) is 23.8 Å². The molecular formula is C19H32O4. The van der Waals surface area contributed by atoms with Crippen LogP contribution in [0.1, 0.15) is 67.2 Å². The van der Waals surface area contributed by atoms with Gasteiger partial charge in [0.15, 0.2) is 0 Å². The molecule has 0 heterocycles. The van der Waals surface area contributed by atoms with Crippen molar-refractivity contribution in [2.75, 3.05) is 6.61 Å². The molecule has 0 aromatic carbocycles. The zero-order valence-electron chi connectivity index (χ0n) is 15.5. The van der Waals surface area contributed by atoms with E-state index in [4.69, 9.17) is 9.47 Å². The summed E-state index contributed by atoms with van der Waals surface area (Å²) in [5, 5.41) is 0. The van der Waals surface area contributed by atoms with Crippen LogP contribution in [0.4, 0.5) is 0 Å². The van der Waals surface area contributed by atoms with Crippen molar-refractivity contribution in [2.24, 2.45) is 5.92 Å². The van der Waals surface area contributed by atoms with E-state index < -0.39 is 17.5 Å². The van der Waals surface area contributed by atoms with Gasteiger partial charge in [0, 0.05) is 5.57 Å². The third-order valence-corrected chi connectivity index (χ3v) is 3.37. The molecule has 0 aliphatic carbocycles. The predicted molar refractivity (Wildman–Crippen MR) is 93.0 cm³/mol. The molecule has 23 heavy (non-hydrogen) atoms. The Bertz CT molecular complexity index is 441. The number of esters is 2. The smallest absolute Gasteiger partial charge is 0.337 e. The highest BCUT2D eigenvalue weighted by Crippen LogP contribution is 2.15. The van der Waals surface area contributed by atoms with Crippen molar-refractivity contribution in [3.8, 4) is 0 Å². The monoisotopic (exact) mass is 324 g/mol. The quantitative estimate of drug-likeness (QED) is 0.353. The van der Waals surface area contributed by atoms with Crippen molar-refractivity contribution in [1.29, 1.82) is 0 Å². The van der Waals surface area contributed by atoms with E-state index in [1.165, 1.54) is 6.08 Å². The molecule has 1 unspecified atom stereocenters. The fourth-order valence-corrected chi connectivity index (χ4v) is 1.92. The van der Waals surface area contributed by atoms with Gasteiger partial charge in [-0.05, 0) is 46.1 Å². The Balaban J connectivity index is 4.51. The molecule has 0 aromatic rings. The molecule has 0 N–H and O–H groups in total. The van der Waals surface area contributed by atoms with Crippen molar-refractivity contribution in [3.63, 3.8) is 0 Å². The molecule has 1 atom stereocenters. The van der Waals surface area contributed by atoms with Gasteiger partial charge in [0.25, 0.3) is 0 Å². The summed E-state index contributed by atoms with van der Waals surface area (Å²) in [6.45, 7) is 15.3. The molecule has 4 nitrogen and oxygen atoms in total. The first-order valence-electron chi connectivity index (χ1n) is 8.38. The molecule has 0 aliphatic rings. The number of unbranched alkanes of at least 4 members (excludes halogenated alkanes) is 1. The first kappa shape index (κ1) is 21.4. The minimum atomic E-state index is -0.568. The van der Waals surface area contributed by atoms with Crippen LogP contribution in [-0.2, 0) is 19.1 Å². The first-order valence-corrected chi connectivity index (χ1v) is 8.38. The van der Waals surface area contributed by atoms with Crippen LogP contribution in [-0.4, -0.2) is 24.1 Å². The van der Waals surface area contributed by atoms with Crippen LogP contribution in [0.3, 0.4) is 0 Å². The number of hydrogen-bond acceptors (Lipinski definition) is 4. The van der Waals surface area contributed by atoms with Crippen molar-refractivity contribution >= 4 is 11.9 Å². The molecule has 4 heteroatoms. The van der Waals surface area contributed by atoms with Crippen LogP contribution in [0.15, 0.2) is 23.8 Å². The number of carbonyl (C=O) groups excluding carboxylic acids is 2. The van der Waals surface area contributed by atoms with Crippen LogP contribution in [0.5, 0.6) is 0 Å². The predicted octanol–water partition coefficient (Wildman–Crippen LogP) is 4.59. The minimum Gasteiger partial charge on any atom is -0.462 e. The van der Waals surface area contributed by atoms with Gasteiger partial charge in [-0.2, -0.15) is 0 Å². The SMILES string of the molecule is C=C(/C=C(\C)C(=O)OC(C)(C)C)C(=O)OCC(CC)CCCC. The van der Waals surface area contributed by atoms with Crippen LogP contribution in [0.2, 0.25) is 0 Å². The number of ether oxygens (including phenoxy) is 2. The number of carbonyl (C=O) groups is 2. The van der Waals surface area contributed by atoms with E-state index in [2.05, 4.69) is 20.4 Å². The third kappa shape index (κ3) is 9.93. The van der Waals surface area contributed by atoms with E-state index in [-0.39, 0.29) is 5.57 Å². The van der Waals surface area contributed by atoms with Gasteiger partial charge < -0.3 is 9.47 Å². The molecule has 0 aromatic heterocycles. The standard InChI is InChI=1S/C19H32O4/c1-8-10-11-16(9-2)13-22-17(20)14(3)12-15(4)18(21)23-19(5,6)7/h12,16H,3,8-11,13H2,1-2,4-7H3/b15-12+. The highest BCUT2D eigenvalue weighted by molar-refractivity contribution is 5.95. The lowest BCUT2D eigenvalue weighted by Crippen LogP contribution is -2.24. The average Bonchev–Trinajstić information content (AvgIpc) is 2.45. The summed E-state index contributed by atoms with van der Waals surface area (Å²) in [6, 6.07) is 0. The summed E-state index contributed by atoms with van der Waals surface area (Å²) in [7, 11) is 0. The Morgan fingerprint density at radius 1 is 1.17 bits per heavy atom. The molecule has 0 fully saturated rings. The second-order valence-electron chi connectivity index (χ2n) is 6.87. The zero-order valence-corrected chi connectivity index (χ0v) is 15.5. The number of rotatable bonds is 9. The Morgan fingerprint density at radius 3 is 2.26 bits per heavy atom. The lowest BCUT2D eigenvalue weighted by molar-refractivity contribution is -0.149. The van der Waals surface area contributed by atoms with E-state index in [0.29, 0.717) is 18.1 Å². The lowest BCUT2D eigenvalue weighted by Gasteiger charge is -2.19. The summed E-state index contributed by atoms with van der Waals surface area (Å²) >= 11 is 0. The molecule has 0 rings (SSSR count). The van der Waals surface area contributed by atoms with Crippen LogP contribution >= 0.6 is 0 Å². The lowest BCUT2D eigenvalue weighted by atomic mass is 10.0. The summed E-state index contributed by atoms with van der Waals surface area (Å²) < 4.78 is 10.5. The van der Waals surface area contributed by atoms with Crippen LogP contribution in [0, 0.1) is 5.92 Å².